The molecule has 0 fully saturated rings. The third-order valence-corrected chi connectivity index (χ3v) is 2.34. The minimum absolute atomic E-state index is 0.309. The molecule has 3 nitrogen and oxygen atoms in total. The Hall–Kier alpha value is -0.870. The molecule has 0 atom stereocenters. The summed E-state index contributed by atoms with van der Waals surface area (Å²) in [6.45, 7) is 0.795. The van der Waals surface area contributed by atoms with Gasteiger partial charge in [0.15, 0.2) is 0 Å². The van der Waals surface area contributed by atoms with Gasteiger partial charge in [-0.05, 0) is 37.9 Å². The maximum Gasteiger partial charge on any atom is 0.337 e. The molecule has 0 aliphatic rings. The van der Waals surface area contributed by atoms with E-state index in [-0.39, 0.29) is 5.97 Å². The number of rotatable bonds is 3. The van der Waals surface area contributed by atoms with E-state index in [9.17, 15) is 4.79 Å². The van der Waals surface area contributed by atoms with E-state index < -0.39 is 0 Å². The zero-order chi connectivity index (χ0) is 11.4. The van der Waals surface area contributed by atoms with E-state index in [1.54, 1.807) is 6.07 Å². The largest absolute Gasteiger partial charge is 0.465 e. The topological polar surface area (TPSA) is 29.5 Å². The molecule has 15 heavy (non-hydrogen) atoms. The zero-order valence-corrected chi connectivity index (χ0v) is 10.7. The van der Waals surface area contributed by atoms with Crippen LogP contribution in [-0.4, -0.2) is 32.1 Å². The highest BCUT2D eigenvalue weighted by molar-refractivity contribution is 9.10. The highest BCUT2D eigenvalue weighted by Crippen LogP contribution is 2.17. The second-order valence-electron chi connectivity index (χ2n) is 3.58. The van der Waals surface area contributed by atoms with E-state index in [0.717, 1.165) is 16.6 Å². The van der Waals surface area contributed by atoms with Crippen molar-refractivity contribution in [3.05, 3.63) is 33.8 Å². The van der Waals surface area contributed by atoms with Crippen molar-refractivity contribution >= 4 is 21.9 Å². The van der Waals surface area contributed by atoms with Crippen LogP contribution in [0.1, 0.15) is 15.9 Å². The first-order valence-corrected chi connectivity index (χ1v) is 5.34. The third-order valence-electron chi connectivity index (χ3n) is 1.88. The molecule has 0 saturated carbocycles. The van der Waals surface area contributed by atoms with E-state index in [4.69, 9.17) is 0 Å². The van der Waals surface area contributed by atoms with E-state index in [2.05, 4.69) is 20.7 Å². The van der Waals surface area contributed by atoms with Gasteiger partial charge in [-0.15, -0.1) is 0 Å². The maximum atomic E-state index is 11.3. The van der Waals surface area contributed by atoms with Gasteiger partial charge in [0.2, 0.25) is 0 Å². The predicted molar refractivity (Wildman–Crippen MR) is 62.9 cm³/mol. The number of methoxy groups -OCH3 is 1. The Kier molecular flexibility index (Phi) is 4.29. The summed E-state index contributed by atoms with van der Waals surface area (Å²) < 4.78 is 5.57. The molecule has 1 rings (SSSR count). The van der Waals surface area contributed by atoms with Gasteiger partial charge in [0.25, 0.3) is 0 Å². The van der Waals surface area contributed by atoms with Crippen LogP contribution in [0.5, 0.6) is 0 Å². The summed E-state index contributed by atoms with van der Waals surface area (Å²) in [7, 11) is 5.35. The second-order valence-corrected chi connectivity index (χ2v) is 4.49. The molecule has 0 spiro atoms. The smallest absolute Gasteiger partial charge is 0.337 e. The van der Waals surface area contributed by atoms with Gasteiger partial charge >= 0.3 is 5.97 Å². The number of benzene rings is 1. The number of carbonyl (C=O) groups excluding carboxylic acids is 1. The van der Waals surface area contributed by atoms with Crippen molar-refractivity contribution < 1.29 is 9.53 Å². The molecule has 0 aliphatic heterocycles. The highest BCUT2D eigenvalue weighted by atomic mass is 79.9. The lowest BCUT2D eigenvalue weighted by atomic mass is 10.1. The van der Waals surface area contributed by atoms with Crippen LogP contribution in [0.15, 0.2) is 22.7 Å². The number of halogens is 1. The van der Waals surface area contributed by atoms with Crippen LogP contribution in [0.25, 0.3) is 0 Å². The first kappa shape index (κ1) is 12.2. The van der Waals surface area contributed by atoms with Gasteiger partial charge in [-0.3, -0.25) is 0 Å². The number of carbonyl (C=O) groups is 1. The minimum Gasteiger partial charge on any atom is -0.465 e. The normalized spacial score (nSPS) is 10.5. The highest BCUT2D eigenvalue weighted by Gasteiger charge is 2.08. The molecule has 0 aromatic heterocycles. The Labute approximate surface area is 98.2 Å². The van der Waals surface area contributed by atoms with Gasteiger partial charge in [-0.25, -0.2) is 4.79 Å². The van der Waals surface area contributed by atoms with Crippen LogP contribution >= 0.6 is 15.9 Å². The number of esters is 1. The molecule has 4 heteroatoms. The standard InChI is InChI=1S/C11H14BrNO2/c1-13(2)7-8-4-9(11(14)15-3)6-10(12)5-8/h4-6H,7H2,1-3H3. The minimum atomic E-state index is -0.309. The summed E-state index contributed by atoms with van der Waals surface area (Å²) in [5.74, 6) is -0.309. The number of hydrogen-bond acceptors (Lipinski definition) is 3. The van der Waals surface area contributed by atoms with E-state index in [1.165, 1.54) is 7.11 Å². The van der Waals surface area contributed by atoms with Crippen LogP contribution in [0, 0.1) is 0 Å². The SMILES string of the molecule is COC(=O)c1cc(Br)cc(CN(C)C)c1. The fourth-order valence-electron chi connectivity index (χ4n) is 1.34. The Morgan fingerprint density at radius 3 is 2.60 bits per heavy atom. The van der Waals surface area contributed by atoms with E-state index in [0.29, 0.717) is 5.56 Å². The molecular formula is C11H14BrNO2. The fourth-order valence-corrected chi connectivity index (χ4v) is 1.88. The van der Waals surface area contributed by atoms with Gasteiger partial charge in [0, 0.05) is 11.0 Å². The number of hydrogen-bond donors (Lipinski definition) is 0. The summed E-state index contributed by atoms with van der Waals surface area (Å²) in [5.41, 5.74) is 1.65. The zero-order valence-electron chi connectivity index (χ0n) is 9.08. The van der Waals surface area contributed by atoms with Gasteiger partial charge in [-0.2, -0.15) is 0 Å². The lowest BCUT2D eigenvalue weighted by Gasteiger charge is -2.11. The lowest BCUT2D eigenvalue weighted by molar-refractivity contribution is 0.0600. The molecule has 0 aliphatic carbocycles. The van der Waals surface area contributed by atoms with Gasteiger partial charge in [0.1, 0.15) is 0 Å². The molecule has 0 bridgehead atoms. The second kappa shape index (κ2) is 5.28. The molecular weight excluding hydrogens is 258 g/mol. The van der Waals surface area contributed by atoms with Gasteiger partial charge < -0.3 is 9.64 Å². The van der Waals surface area contributed by atoms with Crippen molar-refractivity contribution in [2.45, 2.75) is 6.54 Å². The summed E-state index contributed by atoms with van der Waals surface area (Å²) >= 11 is 3.37. The summed E-state index contributed by atoms with van der Waals surface area (Å²) in [6.07, 6.45) is 0. The van der Waals surface area contributed by atoms with E-state index in [1.807, 2.05) is 31.1 Å². The van der Waals surface area contributed by atoms with Gasteiger partial charge in [-0.1, -0.05) is 15.9 Å². The monoisotopic (exact) mass is 271 g/mol. The van der Waals surface area contributed by atoms with Crippen molar-refractivity contribution in [2.75, 3.05) is 21.2 Å². The summed E-state index contributed by atoms with van der Waals surface area (Å²) in [5, 5.41) is 0. The molecule has 0 N–H and O–H groups in total. The fraction of sp³-hybridized carbons (Fsp3) is 0.364. The Morgan fingerprint density at radius 1 is 1.40 bits per heavy atom. The van der Waals surface area contributed by atoms with E-state index >= 15 is 0 Å². The first-order valence-electron chi connectivity index (χ1n) is 4.55. The van der Waals surface area contributed by atoms with Crippen molar-refractivity contribution in [3.63, 3.8) is 0 Å². The Morgan fingerprint density at radius 2 is 2.07 bits per heavy atom. The van der Waals surface area contributed by atoms with Gasteiger partial charge in [0.05, 0.1) is 12.7 Å². The van der Waals surface area contributed by atoms with Crippen LogP contribution < -0.4 is 0 Å². The molecule has 0 amide bonds. The molecule has 1 aromatic carbocycles. The third kappa shape index (κ3) is 3.64. The quantitative estimate of drug-likeness (QED) is 0.791. The summed E-state index contributed by atoms with van der Waals surface area (Å²) in [6, 6.07) is 5.59. The molecule has 0 heterocycles. The number of nitrogens with zero attached hydrogens (tertiary/aromatic N) is 1. The molecule has 82 valence electrons. The van der Waals surface area contributed by atoms with Crippen molar-refractivity contribution in [3.8, 4) is 0 Å². The van der Waals surface area contributed by atoms with Crippen molar-refractivity contribution in [2.24, 2.45) is 0 Å². The molecule has 0 unspecified atom stereocenters. The van der Waals surface area contributed by atoms with Crippen molar-refractivity contribution in [1.29, 1.82) is 0 Å². The average Bonchev–Trinajstić information content (AvgIpc) is 2.14. The van der Waals surface area contributed by atoms with Crippen LogP contribution in [0.3, 0.4) is 0 Å². The van der Waals surface area contributed by atoms with Crippen molar-refractivity contribution in [1.82, 2.24) is 4.90 Å². The lowest BCUT2D eigenvalue weighted by Crippen LogP contribution is -2.11. The first-order chi connectivity index (χ1) is 7.02. The molecule has 1 aromatic rings. The Balaban J connectivity index is 2.99. The average molecular weight is 272 g/mol. The molecule has 0 saturated heterocycles. The molecule has 0 radical (unpaired) electrons. The van der Waals surface area contributed by atoms with Crippen LogP contribution in [0.2, 0.25) is 0 Å². The summed E-state index contributed by atoms with van der Waals surface area (Å²) in [4.78, 5) is 13.4. The Bertz CT molecular complexity index is 364. The van der Waals surface area contributed by atoms with Crippen LogP contribution in [0.4, 0.5) is 0 Å². The van der Waals surface area contributed by atoms with Crippen LogP contribution in [-0.2, 0) is 11.3 Å². The maximum absolute atomic E-state index is 11.3. The predicted octanol–water partition coefficient (Wildman–Crippen LogP) is 2.30. The number of ether oxygens (including phenoxy) is 1.